The van der Waals surface area contributed by atoms with E-state index in [1.54, 1.807) is 24.3 Å². The second-order valence-corrected chi connectivity index (χ2v) is 9.63. The molecule has 0 aliphatic heterocycles. The Morgan fingerprint density at radius 1 is 0.737 bits per heavy atom. The van der Waals surface area contributed by atoms with E-state index in [-0.39, 0.29) is 21.2 Å². The number of thiazole rings is 1. The molecule has 3 aromatic rings. The van der Waals surface area contributed by atoms with Crippen LogP contribution in [0.5, 0.6) is 16.6 Å². The summed E-state index contributed by atoms with van der Waals surface area (Å²) in [7, 11) is 3.97. The number of halogens is 6. The monoisotopic (exact) mass is 555 g/mol. The van der Waals surface area contributed by atoms with Gasteiger partial charge in [0, 0.05) is 11.1 Å². The Bertz CT molecular complexity index is 1410. The summed E-state index contributed by atoms with van der Waals surface area (Å²) in [6, 6.07) is 11.9. The van der Waals surface area contributed by atoms with Crippen molar-refractivity contribution < 1.29 is 40.6 Å². The van der Waals surface area contributed by atoms with Crippen LogP contribution in [0.25, 0.3) is 21.7 Å². The highest BCUT2D eigenvalue weighted by molar-refractivity contribution is 7.17. The van der Waals surface area contributed by atoms with Gasteiger partial charge in [0.15, 0.2) is 0 Å². The van der Waals surface area contributed by atoms with Gasteiger partial charge in [-0.3, -0.25) is 0 Å². The van der Waals surface area contributed by atoms with Gasteiger partial charge in [0.2, 0.25) is 5.06 Å². The fourth-order valence-electron chi connectivity index (χ4n) is 4.27. The number of aromatic nitrogens is 1. The smallest absolute Gasteiger partial charge is 0.380 e. The molecule has 1 heterocycles. The molecule has 202 valence electrons. The molecule has 11 heteroatoms. The highest BCUT2D eigenvalue weighted by Gasteiger charge is 2.81. The van der Waals surface area contributed by atoms with Crippen LogP contribution in [0.2, 0.25) is 0 Å². The van der Waals surface area contributed by atoms with Crippen LogP contribution in [0.1, 0.15) is 25.1 Å². The summed E-state index contributed by atoms with van der Waals surface area (Å²) in [6.07, 6.45) is 0. The van der Waals surface area contributed by atoms with E-state index in [2.05, 4.69) is 4.98 Å². The highest BCUT2D eigenvalue weighted by Crippen LogP contribution is 2.65. The predicted octanol–water partition coefficient (Wildman–Crippen LogP) is 8.00. The van der Waals surface area contributed by atoms with Crippen LogP contribution in [0, 0.1) is 0 Å². The normalized spacial score (nSPS) is 17.3. The molecule has 1 aliphatic rings. The Morgan fingerprint density at radius 2 is 1.26 bits per heavy atom. The number of ether oxygens (including phenoxy) is 3. The largest absolute Gasteiger partial charge is 0.497 e. The summed E-state index contributed by atoms with van der Waals surface area (Å²) in [4.78, 5) is 4.13. The highest BCUT2D eigenvalue weighted by atomic mass is 32.1. The molecule has 1 aliphatic carbocycles. The first-order chi connectivity index (χ1) is 17.8. The number of hydrogen-bond donors (Lipinski definition) is 0. The molecule has 0 bridgehead atoms. The number of alkyl halides is 6. The van der Waals surface area contributed by atoms with E-state index >= 15 is 17.6 Å². The minimum absolute atomic E-state index is 0.0380. The van der Waals surface area contributed by atoms with Crippen molar-refractivity contribution in [3.8, 4) is 27.1 Å². The SMILES string of the molecule is COc1ccc(C(=C(C)C)C2=C(c3nc(-c4ccc(OC)cc4)sc3OC)C(F)(F)C(F)(F)C2(F)F)cc1. The second-order valence-electron chi connectivity index (χ2n) is 8.66. The van der Waals surface area contributed by atoms with Crippen LogP contribution in [-0.4, -0.2) is 44.1 Å². The summed E-state index contributed by atoms with van der Waals surface area (Å²) in [5.41, 5.74) is -3.69. The van der Waals surface area contributed by atoms with Crippen LogP contribution in [0.15, 0.2) is 59.7 Å². The van der Waals surface area contributed by atoms with Crippen LogP contribution >= 0.6 is 11.3 Å². The summed E-state index contributed by atoms with van der Waals surface area (Å²) in [5, 5.41) is -0.191. The van der Waals surface area contributed by atoms with Crippen molar-refractivity contribution in [2.24, 2.45) is 0 Å². The van der Waals surface area contributed by atoms with E-state index < -0.39 is 40.2 Å². The van der Waals surface area contributed by atoms with E-state index in [1.807, 2.05) is 0 Å². The molecular formula is C27H23F6NO3S. The molecule has 38 heavy (non-hydrogen) atoms. The fraction of sp³-hybridized carbons (Fsp3) is 0.296. The van der Waals surface area contributed by atoms with E-state index in [0.29, 0.717) is 17.1 Å². The number of benzene rings is 2. The first-order valence-electron chi connectivity index (χ1n) is 11.2. The summed E-state index contributed by atoms with van der Waals surface area (Å²) < 4.78 is 107. The lowest BCUT2D eigenvalue weighted by atomic mass is 9.89. The third kappa shape index (κ3) is 4.13. The number of allylic oxidation sites excluding steroid dienone is 4. The topological polar surface area (TPSA) is 40.6 Å². The molecule has 2 aromatic carbocycles. The van der Waals surface area contributed by atoms with Crippen molar-refractivity contribution in [1.82, 2.24) is 4.98 Å². The Balaban J connectivity index is 2.04. The Kier molecular flexibility index (Phi) is 7.02. The summed E-state index contributed by atoms with van der Waals surface area (Å²) >= 11 is 0.773. The maximum absolute atomic E-state index is 15.5. The van der Waals surface area contributed by atoms with Crippen molar-refractivity contribution >= 4 is 22.5 Å². The van der Waals surface area contributed by atoms with Gasteiger partial charge in [-0.25, -0.2) is 4.98 Å². The quantitative estimate of drug-likeness (QED) is 0.277. The summed E-state index contributed by atoms with van der Waals surface area (Å²) in [5.74, 6) is -15.3. The minimum atomic E-state index is -5.73. The average molecular weight is 556 g/mol. The molecule has 0 unspecified atom stereocenters. The lowest BCUT2D eigenvalue weighted by molar-refractivity contribution is -0.258. The third-order valence-electron chi connectivity index (χ3n) is 6.15. The van der Waals surface area contributed by atoms with Gasteiger partial charge in [0.1, 0.15) is 22.2 Å². The zero-order valence-electron chi connectivity index (χ0n) is 21.0. The number of nitrogens with zero attached hydrogens (tertiary/aromatic N) is 1. The van der Waals surface area contributed by atoms with Crippen LogP contribution in [0.4, 0.5) is 26.3 Å². The number of hydrogen-bond acceptors (Lipinski definition) is 5. The van der Waals surface area contributed by atoms with Gasteiger partial charge >= 0.3 is 17.8 Å². The van der Waals surface area contributed by atoms with Crippen LogP contribution in [0.3, 0.4) is 0 Å². The zero-order chi connectivity index (χ0) is 28.0. The van der Waals surface area contributed by atoms with E-state index in [0.717, 1.165) is 18.4 Å². The Labute approximate surface area is 219 Å². The molecule has 0 radical (unpaired) electrons. The van der Waals surface area contributed by atoms with Gasteiger partial charge in [-0.05, 0) is 61.4 Å². The van der Waals surface area contributed by atoms with Gasteiger partial charge in [-0.2, -0.15) is 26.3 Å². The summed E-state index contributed by atoms with van der Waals surface area (Å²) in [6.45, 7) is 2.77. The molecule has 0 atom stereocenters. The van der Waals surface area contributed by atoms with Gasteiger partial charge in [0.05, 0.1) is 26.9 Å². The number of methoxy groups -OCH3 is 3. The molecule has 0 fully saturated rings. The maximum atomic E-state index is 15.5. The van der Waals surface area contributed by atoms with Crippen LogP contribution in [-0.2, 0) is 0 Å². The van der Waals surface area contributed by atoms with E-state index in [4.69, 9.17) is 14.2 Å². The third-order valence-corrected chi connectivity index (χ3v) is 7.22. The van der Waals surface area contributed by atoms with E-state index in [1.165, 1.54) is 52.3 Å². The van der Waals surface area contributed by atoms with Crippen LogP contribution < -0.4 is 14.2 Å². The van der Waals surface area contributed by atoms with Crippen molar-refractivity contribution in [2.45, 2.75) is 31.6 Å². The van der Waals surface area contributed by atoms with Gasteiger partial charge < -0.3 is 14.2 Å². The van der Waals surface area contributed by atoms with Gasteiger partial charge in [-0.15, -0.1) is 0 Å². The van der Waals surface area contributed by atoms with Crippen molar-refractivity contribution in [2.75, 3.05) is 21.3 Å². The Hall–Kier alpha value is -3.47. The van der Waals surface area contributed by atoms with Gasteiger partial charge in [0.25, 0.3) is 0 Å². The van der Waals surface area contributed by atoms with Crippen molar-refractivity contribution in [3.05, 3.63) is 70.9 Å². The van der Waals surface area contributed by atoms with Crippen molar-refractivity contribution in [3.63, 3.8) is 0 Å². The molecule has 0 amide bonds. The average Bonchev–Trinajstić information content (AvgIpc) is 3.35. The van der Waals surface area contributed by atoms with E-state index in [9.17, 15) is 8.78 Å². The lowest BCUT2D eigenvalue weighted by Crippen LogP contribution is -2.49. The first kappa shape index (κ1) is 27.6. The predicted molar refractivity (Wildman–Crippen MR) is 134 cm³/mol. The first-order valence-corrected chi connectivity index (χ1v) is 12.0. The lowest BCUT2D eigenvalue weighted by Gasteiger charge is -2.26. The maximum Gasteiger partial charge on any atom is 0.380 e. The molecule has 0 saturated carbocycles. The molecule has 1 aromatic heterocycles. The minimum Gasteiger partial charge on any atom is -0.497 e. The standard InChI is InChI=1S/C27H23F6NO3S/c1-14(2)19(15-6-10-17(35-3)11-7-15)20-21(26(30,31)27(32,33)25(20,28)29)22-24(37-5)38-23(34-22)16-8-12-18(36-4)13-9-16/h6-13H,1-5H3. The zero-order valence-corrected chi connectivity index (χ0v) is 21.8. The molecular weight excluding hydrogens is 532 g/mol. The second kappa shape index (κ2) is 9.68. The van der Waals surface area contributed by atoms with Gasteiger partial charge in [-0.1, -0.05) is 29.0 Å². The molecule has 4 rings (SSSR count). The molecule has 0 N–H and O–H groups in total. The molecule has 0 saturated heterocycles. The molecule has 0 spiro atoms. The fourth-order valence-corrected chi connectivity index (χ4v) is 5.17. The molecule has 4 nitrogen and oxygen atoms in total. The Morgan fingerprint density at radius 3 is 1.74 bits per heavy atom. The van der Waals surface area contributed by atoms with Crippen molar-refractivity contribution in [1.29, 1.82) is 0 Å². The number of rotatable bonds is 7.